The fourth-order valence-electron chi connectivity index (χ4n) is 2.82. The molecule has 0 saturated carbocycles. The number of thiophene rings is 1. The summed E-state index contributed by atoms with van der Waals surface area (Å²) < 4.78 is 0. The van der Waals surface area contributed by atoms with Crippen LogP contribution < -0.4 is 5.32 Å². The molecule has 0 spiro atoms. The van der Waals surface area contributed by atoms with Crippen LogP contribution >= 0.6 is 11.3 Å². The van der Waals surface area contributed by atoms with Crippen LogP contribution in [-0.4, -0.2) is 30.3 Å². The summed E-state index contributed by atoms with van der Waals surface area (Å²) in [7, 11) is 1.81. The van der Waals surface area contributed by atoms with Crippen molar-refractivity contribution in [2.75, 3.05) is 18.9 Å². The van der Waals surface area contributed by atoms with Gasteiger partial charge in [-0.15, -0.1) is 11.3 Å². The summed E-state index contributed by atoms with van der Waals surface area (Å²) in [5, 5.41) is 4.70. The van der Waals surface area contributed by atoms with Crippen LogP contribution in [0.15, 0.2) is 72.1 Å². The highest BCUT2D eigenvalue weighted by Crippen LogP contribution is 2.16. The molecule has 0 radical (unpaired) electrons. The lowest BCUT2D eigenvalue weighted by Crippen LogP contribution is -2.28. The van der Waals surface area contributed by atoms with E-state index in [9.17, 15) is 9.59 Å². The Kier molecular flexibility index (Phi) is 6.39. The second-order valence-electron chi connectivity index (χ2n) is 6.33. The van der Waals surface area contributed by atoms with Gasteiger partial charge in [-0.05, 0) is 48.1 Å². The lowest BCUT2D eigenvalue weighted by Gasteiger charge is -2.17. The largest absolute Gasteiger partial charge is 0.342 e. The van der Waals surface area contributed by atoms with E-state index in [1.165, 1.54) is 16.9 Å². The molecule has 0 unspecified atom stereocenters. The van der Waals surface area contributed by atoms with Crippen molar-refractivity contribution in [2.24, 2.45) is 0 Å². The third-order valence-corrected chi connectivity index (χ3v) is 5.13. The second-order valence-corrected chi connectivity index (χ2v) is 7.28. The van der Waals surface area contributed by atoms with E-state index >= 15 is 0 Å². The molecule has 0 saturated heterocycles. The molecule has 0 aliphatic heterocycles. The Labute approximate surface area is 163 Å². The molecule has 0 aliphatic rings. The third kappa shape index (κ3) is 5.28. The van der Waals surface area contributed by atoms with Crippen LogP contribution in [0.4, 0.5) is 5.69 Å². The van der Waals surface area contributed by atoms with Crippen LogP contribution in [0.25, 0.3) is 0 Å². The highest BCUT2D eigenvalue weighted by molar-refractivity contribution is 7.12. The van der Waals surface area contributed by atoms with Crippen molar-refractivity contribution in [3.05, 3.63) is 88.1 Å². The summed E-state index contributed by atoms with van der Waals surface area (Å²) >= 11 is 1.39. The van der Waals surface area contributed by atoms with Gasteiger partial charge in [0.2, 0.25) is 0 Å². The van der Waals surface area contributed by atoms with Gasteiger partial charge < -0.3 is 10.2 Å². The Morgan fingerprint density at radius 2 is 1.81 bits per heavy atom. The van der Waals surface area contributed by atoms with E-state index in [0.717, 1.165) is 12.8 Å². The molecule has 5 heteroatoms. The van der Waals surface area contributed by atoms with Gasteiger partial charge in [-0.2, -0.15) is 0 Å². The molecular formula is C22H22N2O2S. The summed E-state index contributed by atoms with van der Waals surface area (Å²) in [5.41, 5.74) is 2.47. The molecule has 3 aromatic rings. The van der Waals surface area contributed by atoms with Crippen molar-refractivity contribution in [3.8, 4) is 0 Å². The second kappa shape index (κ2) is 9.14. The van der Waals surface area contributed by atoms with E-state index in [1.54, 1.807) is 35.2 Å². The first-order chi connectivity index (χ1) is 13.1. The normalized spacial score (nSPS) is 10.4. The van der Waals surface area contributed by atoms with Crippen LogP contribution in [0.1, 0.15) is 32.0 Å². The monoisotopic (exact) mass is 378 g/mol. The number of nitrogens with zero attached hydrogens (tertiary/aromatic N) is 1. The molecule has 2 amide bonds. The van der Waals surface area contributed by atoms with Crippen molar-refractivity contribution >= 4 is 28.8 Å². The summed E-state index contributed by atoms with van der Waals surface area (Å²) in [6.45, 7) is 0.680. The lowest BCUT2D eigenvalue weighted by atomic mass is 10.1. The molecular weight excluding hydrogens is 356 g/mol. The van der Waals surface area contributed by atoms with E-state index in [2.05, 4.69) is 17.4 Å². The molecule has 2 aromatic carbocycles. The number of rotatable bonds is 7. The predicted molar refractivity (Wildman–Crippen MR) is 110 cm³/mol. The maximum Gasteiger partial charge on any atom is 0.265 e. The molecule has 1 N–H and O–H groups in total. The van der Waals surface area contributed by atoms with Gasteiger partial charge >= 0.3 is 0 Å². The van der Waals surface area contributed by atoms with Gasteiger partial charge in [0.25, 0.3) is 11.8 Å². The number of amides is 2. The Morgan fingerprint density at radius 1 is 1.00 bits per heavy atom. The molecule has 4 nitrogen and oxygen atoms in total. The fourth-order valence-corrected chi connectivity index (χ4v) is 3.44. The molecule has 1 heterocycles. The Morgan fingerprint density at radius 3 is 2.56 bits per heavy atom. The zero-order chi connectivity index (χ0) is 19.1. The number of hydrogen-bond acceptors (Lipinski definition) is 3. The molecule has 0 atom stereocenters. The molecule has 0 fully saturated rings. The minimum absolute atomic E-state index is 0.0460. The average Bonchev–Trinajstić information content (AvgIpc) is 3.23. The lowest BCUT2D eigenvalue weighted by molar-refractivity contribution is 0.0793. The molecule has 0 bridgehead atoms. The number of hydrogen-bond donors (Lipinski definition) is 1. The third-order valence-electron chi connectivity index (χ3n) is 4.26. The first kappa shape index (κ1) is 18.9. The van der Waals surface area contributed by atoms with Crippen LogP contribution in [0.3, 0.4) is 0 Å². The van der Waals surface area contributed by atoms with Crippen molar-refractivity contribution < 1.29 is 9.59 Å². The van der Waals surface area contributed by atoms with Crippen LogP contribution in [0.5, 0.6) is 0 Å². The first-order valence-electron chi connectivity index (χ1n) is 8.88. The Balaban J connectivity index is 1.56. The predicted octanol–water partition coefficient (Wildman–Crippen LogP) is 4.71. The number of nitrogens with one attached hydrogen (secondary N) is 1. The Hall–Kier alpha value is -2.92. The van der Waals surface area contributed by atoms with Gasteiger partial charge in [-0.3, -0.25) is 9.59 Å². The number of carbonyl (C=O) groups excluding carboxylic acids is 2. The summed E-state index contributed by atoms with van der Waals surface area (Å²) in [6.07, 6.45) is 1.84. The van der Waals surface area contributed by atoms with E-state index in [0.29, 0.717) is 22.7 Å². The number of carbonyl (C=O) groups is 2. The highest BCUT2D eigenvalue weighted by atomic mass is 32.1. The van der Waals surface area contributed by atoms with Gasteiger partial charge in [0, 0.05) is 24.8 Å². The Bertz CT molecular complexity index is 892. The summed E-state index contributed by atoms with van der Waals surface area (Å²) in [6, 6.07) is 20.9. The zero-order valence-electron chi connectivity index (χ0n) is 15.2. The minimum Gasteiger partial charge on any atom is -0.342 e. The minimum atomic E-state index is -0.161. The molecule has 0 aliphatic carbocycles. The van der Waals surface area contributed by atoms with E-state index in [-0.39, 0.29) is 11.8 Å². The van der Waals surface area contributed by atoms with Crippen LogP contribution in [-0.2, 0) is 6.42 Å². The van der Waals surface area contributed by atoms with E-state index in [1.807, 2.05) is 36.7 Å². The van der Waals surface area contributed by atoms with Crippen LogP contribution in [0, 0.1) is 0 Å². The number of anilines is 1. The molecule has 27 heavy (non-hydrogen) atoms. The smallest absolute Gasteiger partial charge is 0.265 e. The number of benzene rings is 2. The topological polar surface area (TPSA) is 49.4 Å². The molecule has 138 valence electrons. The van der Waals surface area contributed by atoms with Crippen molar-refractivity contribution in [1.82, 2.24) is 4.90 Å². The standard InChI is InChI=1S/C22H22N2O2S/c1-24(14-6-10-17-8-3-2-4-9-17)22(26)18-11-5-12-19(16-18)23-21(25)20-13-7-15-27-20/h2-5,7-9,11-13,15-16H,6,10,14H2,1H3,(H,23,25). The van der Waals surface area contributed by atoms with Gasteiger partial charge in [0.15, 0.2) is 0 Å². The maximum absolute atomic E-state index is 12.7. The first-order valence-corrected chi connectivity index (χ1v) is 9.76. The van der Waals surface area contributed by atoms with Gasteiger partial charge in [-0.1, -0.05) is 42.5 Å². The zero-order valence-corrected chi connectivity index (χ0v) is 16.0. The van der Waals surface area contributed by atoms with Crippen molar-refractivity contribution in [2.45, 2.75) is 12.8 Å². The van der Waals surface area contributed by atoms with E-state index in [4.69, 9.17) is 0 Å². The van der Waals surface area contributed by atoms with Gasteiger partial charge in [0.05, 0.1) is 4.88 Å². The summed E-state index contributed by atoms with van der Waals surface area (Å²) in [4.78, 5) is 27.2. The highest BCUT2D eigenvalue weighted by Gasteiger charge is 2.13. The SMILES string of the molecule is CN(CCCc1ccccc1)C(=O)c1cccc(NC(=O)c2cccs2)c1. The van der Waals surface area contributed by atoms with Crippen molar-refractivity contribution in [3.63, 3.8) is 0 Å². The van der Waals surface area contributed by atoms with Crippen LogP contribution in [0.2, 0.25) is 0 Å². The number of aryl methyl sites for hydroxylation is 1. The molecule has 3 rings (SSSR count). The fraction of sp³-hybridized carbons (Fsp3) is 0.182. The van der Waals surface area contributed by atoms with Gasteiger partial charge in [0.1, 0.15) is 0 Å². The quantitative estimate of drug-likeness (QED) is 0.647. The maximum atomic E-state index is 12.7. The summed E-state index contributed by atoms with van der Waals surface area (Å²) in [5.74, 6) is -0.207. The van der Waals surface area contributed by atoms with E-state index < -0.39 is 0 Å². The van der Waals surface area contributed by atoms with Gasteiger partial charge in [-0.25, -0.2) is 0 Å². The van der Waals surface area contributed by atoms with Crippen molar-refractivity contribution in [1.29, 1.82) is 0 Å². The molecule has 1 aromatic heterocycles. The average molecular weight is 378 g/mol.